The Morgan fingerprint density at radius 1 is 1.43 bits per heavy atom. The molecule has 1 aliphatic heterocycles. The highest BCUT2D eigenvalue weighted by Crippen LogP contribution is 2.18. The Hall–Kier alpha value is -1.39. The van der Waals surface area contributed by atoms with E-state index in [4.69, 9.17) is 5.73 Å². The van der Waals surface area contributed by atoms with Crippen LogP contribution in [-0.4, -0.2) is 48.4 Å². The first-order chi connectivity index (χ1) is 10.1. The predicted molar refractivity (Wildman–Crippen MR) is 85.7 cm³/mol. The van der Waals surface area contributed by atoms with Gasteiger partial charge in [0.2, 0.25) is 5.91 Å². The van der Waals surface area contributed by atoms with E-state index in [-0.39, 0.29) is 11.9 Å². The van der Waals surface area contributed by atoms with Gasteiger partial charge in [-0.2, -0.15) is 0 Å². The molecule has 1 amide bonds. The minimum atomic E-state index is -0.384. The summed E-state index contributed by atoms with van der Waals surface area (Å²) in [7, 11) is 2.15. The van der Waals surface area contributed by atoms with Gasteiger partial charge >= 0.3 is 0 Å². The number of carbonyl (C=O) groups excluding carboxylic acids is 1. The Morgan fingerprint density at radius 3 is 2.81 bits per heavy atom. The average Bonchev–Trinajstić information content (AvgIpc) is 2.47. The van der Waals surface area contributed by atoms with Crippen molar-refractivity contribution in [2.75, 3.05) is 26.7 Å². The fourth-order valence-corrected chi connectivity index (χ4v) is 3.10. The van der Waals surface area contributed by atoms with Gasteiger partial charge in [0.25, 0.3) is 0 Å². The van der Waals surface area contributed by atoms with Crippen LogP contribution in [0.3, 0.4) is 0 Å². The number of piperidine rings is 1. The van der Waals surface area contributed by atoms with Crippen LogP contribution < -0.4 is 5.73 Å². The van der Waals surface area contributed by atoms with E-state index >= 15 is 0 Å². The quantitative estimate of drug-likeness (QED) is 0.897. The molecule has 0 bridgehead atoms. The van der Waals surface area contributed by atoms with E-state index in [9.17, 15) is 4.79 Å². The Balaban J connectivity index is 1.83. The fourth-order valence-electron chi connectivity index (χ4n) is 3.10. The normalized spacial score (nSPS) is 20.6. The Bertz CT molecular complexity index is 447. The summed E-state index contributed by atoms with van der Waals surface area (Å²) in [6, 6.07) is 10.1. The van der Waals surface area contributed by atoms with Crippen LogP contribution in [0.1, 0.15) is 25.3 Å². The number of benzene rings is 1. The Kier molecular flexibility index (Phi) is 5.76. The minimum absolute atomic E-state index is 0.0883. The average molecular weight is 289 g/mol. The Labute approximate surface area is 127 Å². The number of hydrogen-bond donors (Lipinski definition) is 1. The van der Waals surface area contributed by atoms with Crippen molar-refractivity contribution >= 4 is 5.91 Å². The van der Waals surface area contributed by atoms with Gasteiger partial charge in [-0.3, -0.25) is 4.79 Å². The highest BCUT2D eigenvalue weighted by Gasteiger charge is 2.25. The van der Waals surface area contributed by atoms with Gasteiger partial charge in [0.1, 0.15) is 0 Å². The third-order valence-electron chi connectivity index (χ3n) is 4.09. The zero-order valence-corrected chi connectivity index (χ0v) is 13.2. The summed E-state index contributed by atoms with van der Waals surface area (Å²) in [5.74, 6) is 0.639. The van der Waals surface area contributed by atoms with Crippen LogP contribution in [0.15, 0.2) is 30.3 Å². The molecule has 1 fully saturated rings. The summed E-state index contributed by atoms with van der Waals surface area (Å²) in [6.45, 7) is 5.46. The molecular weight excluding hydrogens is 262 g/mol. The molecule has 0 saturated carbocycles. The summed E-state index contributed by atoms with van der Waals surface area (Å²) in [5, 5.41) is 0. The highest BCUT2D eigenvalue weighted by atomic mass is 16.2. The van der Waals surface area contributed by atoms with E-state index in [0.717, 1.165) is 32.6 Å². The molecule has 1 saturated heterocycles. The van der Waals surface area contributed by atoms with Crippen LogP contribution in [0.2, 0.25) is 0 Å². The molecule has 21 heavy (non-hydrogen) atoms. The number of hydrogen-bond acceptors (Lipinski definition) is 3. The largest absolute Gasteiger partial charge is 0.341 e. The maximum Gasteiger partial charge on any atom is 0.239 e. The first kappa shape index (κ1) is 16.0. The van der Waals surface area contributed by atoms with Crippen molar-refractivity contribution in [1.82, 2.24) is 9.80 Å². The van der Waals surface area contributed by atoms with Crippen molar-refractivity contribution < 1.29 is 4.79 Å². The lowest BCUT2D eigenvalue weighted by molar-refractivity contribution is -0.134. The van der Waals surface area contributed by atoms with Gasteiger partial charge in [0, 0.05) is 26.2 Å². The third-order valence-corrected chi connectivity index (χ3v) is 4.09. The smallest absolute Gasteiger partial charge is 0.239 e. The van der Waals surface area contributed by atoms with Crippen LogP contribution >= 0.6 is 0 Å². The topological polar surface area (TPSA) is 49.6 Å². The van der Waals surface area contributed by atoms with E-state index in [1.807, 2.05) is 11.0 Å². The van der Waals surface area contributed by atoms with Crippen molar-refractivity contribution in [2.24, 2.45) is 11.7 Å². The minimum Gasteiger partial charge on any atom is -0.341 e. The number of nitrogens with two attached hydrogens (primary N) is 1. The van der Waals surface area contributed by atoms with Gasteiger partial charge in [-0.15, -0.1) is 0 Å². The molecule has 1 aliphatic rings. The number of amides is 1. The van der Waals surface area contributed by atoms with Gasteiger partial charge in [-0.1, -0.05) is 30.3 Å². The molecule has 1 heterocycles. The molecule has 2 unspecified atom stereocenters. The monoisotopic (exact) mass is 289 g/mol. The molecule has 2 N–H and O–H groups in total. The molecule has 2 atom stereocenters. The van der Waals surface area contributed by atoms with Crippen LogP contribution in [0.4, 0.5) is 0 Å². The number of rotatable bonds is 5. The molecular formula is C17H27N3O. The van der Waals surface area contributed by atoms with Crippen LogP contribution in [-0.2, 0) is 11.3 Å². The zero-order chi connectivity index (χ0) is 15.2. The molecule has 0 spiro atoms. The van der Waals surface area contributed by atoms with Crippen LogP contribution in [0, 0.1) is 5.92 Å². The molecule has 4 heteroatoms. The lowest BCUT2D eigenvalue weighted by Gasteiger charge is -2.35. The molecule has 0 radical (unpaired) electrons. The summed E-state index contributed by atoms with van der Waals surface area (Å²) >= 11 is 0. The van der Waals surface area contributed by atoms with Crippen LogP contribution in [0.25, 0.3) is 0 Å². The Morgan fingerprint density at radius 2 is 2.14 bits per heavy atom. The van der Waals surface area contributed by atoms with E-state index in [1.54, 1.807) is 6.92 Å². The van der Waals surface area contributed by atoms with Crippen molar-refractivity contribution in [3.05, 3.63) is 35.9 Å². The van der Waals surface area contributed by atoms with Crippen molar-refractivity contribution in [1.29, 1.82) is 0 Å². The molecule has 116 valence electrons. The van der Waals surface area contributed by atoms with Gasteiger partial charge in [-0.25, -0.2) is 0 Å². The number of nitrogens with zero attached hydrogens (tertiary/aromatic N) is 2. The van der Waals surface area contributed by atoms with E-state index in [0.29, 0.717) is 5.92 Å². The SMILES string of the molecule is CC(N)C(=O)N1CCCC(CN(C)Cc2ccccc2)C1. The number of likely N-dealkylation sites (tertiary alicyclic amines) is 1. The molecule has 4 nitrogen and oxygen atoms in total. The van der Waals surface area contributed by atoms with E-state index in [1.165, 1.54) is 12.0 Å². The van der Waals surface area contributed by atoms with Gasteiger partial charge in [0.15, 0.2) is 0 Å². The lowest BCUT2D eigenvalue weighted by atomic mass is 9.97. The molecule has 0 aromatic heterocycles. The second kappa shape index (κ2) is 7.57. The van der Waals surface area contributed by atoms with Gasteiger partial charge in [0.05, 0.1) is 6.04 Å². The maximum atomic E-state index is 12.0. The van der Waals surface area contributed by atoms with Crippen molar-refractivity contribution in [3.63, 3.8) is 0 Å². The van der Waals surface area contributed by atoms with Gasteiger partial charge < -0.3 is 15.5 Å². The first-order valence-electron chi connectivity index (χ1n) is 7.83. The summed E-state index contributed by atoms with van der Waals surface area (Å²) in [4.78, 5) is 16.3. The molecule has 1 aromatic carbocycles. The standard InChI is InChI=1S/C17H27N3O/c1-14(18)17(21)20-10-6-9-16(13-20)12-19(2)11-15-7-4-3-5-8-15/h3-5,7-8,14,16H,6,9-13,18H2,1-2H3. The van der Waals surface area contributed by atoms with E-state index < -0.39 is 0 Å². The molecule has 0 aliphatic carbocycles. The second-order valence-electron chi connectivity index (χ2n) is 6.26. The number of carbonyl (C=O) groups is 1. The lowest BCUT2D eigenvalue weighted by Crippen LogP contribution is -2.48. The second-order valence-corrected chi connectivity index (χ2v) is 6.26. The fraction of sp³-hybridized carbons (Fsp3) is 0.588. The van der Waals surface area contributed by atoms with Gasteiger partial charge in [-0.05, 0) is 38.3 Å². The van der Waals surface area contributed by atoms with Crippen molar-refractivity contribution in [2.45, 2.75) is 32.4 Å². The first-order valence-corrected chi connectivity index (χ1v) is 7.83. The third kappa shape index (κ3) is 4.83. The summed E-state index contributed by atoms with van der Waals surface area (Å²) in [6.07, 6.45) is 2.28. The zero-order valence-electron chi connectivity index (χ0n) is 13.2. The maximum absolute atomic E-state index is 12.0. The predicted octanol–water partition coefficient (Wildman–Crippen LogP) is 1.70. The molecule has 2 rings (SSSR count). The summed E-state index contributed by atoms with van der Waals surface area (Å²) in [5.41, 5.74) is 7.05. The highest BCUT2D eigenvalue weighted by molar-refractivity contribution is 5.81. The van der Waals surface area contributed by atoms with Crippen molar-refractivity contribution in [3.8, 4) is 0 Å². The summed E-state index contributed by atoms with van der Waals surface area (Å²) < 4.78 is 0. The van der Waals surface area contributed by atoms with E-state index in [2.05, 4.69) is 36.2 Å². The van der Waals surface area contributed by atoms with Crippen LogP contribution in [0.5, 0.6) is 0 Å². The molecule has 1 aromatic rings.